The normalized spacial score (nSPS) is 23.8. The third kappa shape index (κ3) is 3.97. The zero-order valence-corrected chi connectivity index (χ0v) is 15.9. The molecule has 2 fully saturated rings. The topological polar surface area (TPSA) is 67.7 Å². The van der Waals surface area contributed by atoms with Crippen LogP contribution in [0.2, 0.25) is 0 Å². The molecule has 0 spiro atoms. The summed E-state index contributed by atoms with van der Waals surface area (Å²) in [5.41, 5.74) is 2.18. The highest BCUT2D eigenvalue weighted by atomic mass is 32.2. The number of aromatic nitrogens is 2. The third-order valence-corrected chi connectivity index (χ3v) is 6.43. The predicted octanol–water partition coefficient (Wildman–Crippen LogP) is 0.356. The first-order chi connectivity index (χ1) is 12.7. The lowest BCUT2D eigenvalue weighted by Gasteiger charge is -2.35. The van der Waals surface area contributed by atoms with Crippen molar-refractivity contribution in [3.05, 3.63) is 27.7 Å². The van der Waals surface area contributed by atoms with Crippen LogP contribution in [0, 0.1) is 0 Å². The Morgan fingerprint density at radius 1 is 1.27 bits per heavy atom. The first-order valence-electron chi connectivity index (χ1n) is 9.51. The Morgan fingerprint density at radius 2 is 2.12 bits per heavy atom. The van der Waals surface area contributed by atoms with Gasteiger partial charge in [0, 0.05) is 57.6 Å². The Kier molecular flexibility index (Phi) is 5.61. The SMILES string of the molecule is O=C(C1CCCO1)N1CCN(CCn2nc3c(cc2=O)CSCC3)CC1. The number of carbonyl (C=O) groups excluding carboxylic acids is 1. The molecule has 3 aliphatic heterocycles. The lowest BCUT2D eigenvalue weighted by atomic mass is 10.2. The molecular weight excluding hydrogens is 352 g/mol. The van der Waals surface area contributed by atoms with Gasteiger partial charge in [-0.05, 0) is 24.2 Å². The number of carbonyl (C=O) groups is 1. The van der Waals surface area contributed by atoms with Gasteiger partial charge >= 0.3 is 0 Å². The van der Waals surface area contributed by atoms with Gasteiger partial charge in [0.15, 0.2) is 0 Å². The van der Waals surface area contributed by atoms with Crippen LogP contribution < -0.4 is 5.56 Å². The number of thioether (sulfide) groups is 1. The Bertz CT molecular complexity index is 709. The fourth-order valence-electron chi connectivity index (χ4n) is 3.82. The molecule has 0 radical (unpaired) electrons. The smallest absolute Gasteiger partial charge is 0.267 e. The minimum absolute atomic E-state index is 0.00144. The molecule has 4 rings (SSSR count). The molecule has 1 atom stereocenters. The lowest BCUT2D eigenvalue weighted by Crippen LogP contribution is -2.52. The van der Waals surface area contributed by atoms with E-state index in [0.717, 1.165) is 74.7 Å². The van der Waals surface area contributed by atoms with E-state index in [9.17, 15) is 9.59 Å². The molecule has 0 aromatic carbocycles. The van der Waals surface area contributed by atoms with Crippen molar-refractivity contribution in [2.45, 2.75) is 37.7 Å². The summed E-state index contributed by atoms with van der Waals surface area (Å²) in [6.45, 7) is 5.27. The largest absolute Gasteiger partial charge is 0.368 e. The highest BCUT2D eigenvalue weighted by Gasteiger charge is 2.30. The van der Waals surface area contributed by atoms with Crippen LogP contribution in [-0.4, -0.2) is 76.7 Å². The van der Waals surface area contributed by atoms with E-state index in [-0.39, 0.29) is 17.6 Å². The molecule has 1 aromatic rings. The van der Waals surface area contributed by atoms with Gasteiger partial charge in [0.2, 0.25) is 0 Å². The van der Waals surface area contributed by atoms with Crippen LogP contribution in [0.3, 0.4) is 0 Å². The van der Waals surface area contributed by atoms with Crippen LogP contribution in [0.15, 0.2) is 10.9 Å². The van der Waals surface area contributed by atoms with Crippen molar-refractivity contribution in [3.63, 3.8) is 0 Å². The molecule has 8 heteroatoms. The maximum atomic E-state index is 12.4. The molecule has 0 aliphatic carbocycles. The summed E-state index contributed by atoms with van der Waals surface area (Å²) < 4.78 is 7.12. The lowest BCUT2D eigenvalue weighted by molar-refractivity contribution is -0.142. The molecule has 0 bridgehead atoms. The molecule has 0 N–H and O–H groups in total. The number of nitrogens with zero attached hydrogens (tertiary/aromatic N) is 4. The van der Waals surface area contributed by atoms with E-state index in [4.69, 9.17) is 4.74 Å². The standard InChI is InChI=1S/C18H26N4O3S/c23-17-12-14-13-26-11-3-15(14)19-22(17)9-6-20-4-7-21(8-5-20)18(24)16-2-1-10-25-16/h12,16H,1-11,13H2. The summed E-state index contributed by atoms with van der Waals surface area (Å²) in [4.78, 5) is 28.9. The summed E-state index contributed by atoms with van der Waals surface area (Å²) >= 11 is 1.86. The number of amides is 1. The molecule has 7 nitrogen and oxygen atoms in total. The molecule has 1 unspecified atom stereocenters. The molecule has 1 amide bonds. The highest BCUT2D eigenvalue weighted by Crippen LogP contribution is 2.21. The van der Waals surface area contributed by atoms with Crippen molar-refractivity contribution in [3.8, 4) is 0 Å². The summed E-state index contributed by atoms with van der Waals surface area (Å²) in [6.07, 6.45) is 2.56. The number of aryl methyl sites for hydroxylation is 1. The maximum Gasteiger partial charge on any atom is 0.267 e. The van der Waals surface area contributed by atoms with Crippen molar-refractivity contribution >= 4 is 17.7 Å². The van der Waals surface area contributed by atoms with Gasteiger partial charge in [-0.1, -0.05) is 0 Å². The zero-order chi connectivity index (χ0) is 17.9. The van der Waals surface area contributed by atoms with E-state index in [1.165, 1.54) is 0 Å². The fraction of sp³-hybridized carbons (Fsp3) is 0.722. The number of piperazine rings is 1. The fourth-order valence-corrected chi connectivity index (χ4v) is 4.77. The maximum absolute atomic E-state index is 12.4. The van der Waals surface area contributed by atoms with Crippen LogP contribution in [0.1, 0.15) is 24.1 Å². The van der Waals surface area contributed by atoms with Crippen LogP contribution >= 0.6 is 11.8 Å². The Morgan fingerprint density at radius 3 is 2.88 bits per heavy atom. The molecule has 3 aliphatic rings. The highest BCUT2D eigenvalue weighted by molar-refractivity contribution is 7.98. The van der Waals surface area contributed by atoms with Gasteiger partial charge in [-0.2, -0.15) is 16.9 Å². The Labute approximate surface area is 157 Å². The zero-order valence-electron chi connectivity index (χ0n) is 15.1. The number of hydrogen-bond acceptors (Lipinski definition) is 6. The average molecular weight is 378 g/mol. The summed E-state index contributed by atoms with van der Waals surface area (Å²) in [5.74, 6) is 2.13. The first kappa shape index (κ1) is 18.0. The average Bonchev–Trinajstić information content (AvgIpc) is 3.21. The van der Waals surface area contributed by atoms with Crippen molar-refractivity contribution in [2.75, 3.05) is 45.1 Å². The predicted molar refractivity (Wildman–Crippen MR) is 100 cm³/mol. The molecular formula is C18H26N4O3S. The van der Waals surface area contributed by atoms with E-state index in [1.807, 2.05) is 16.7 Å². The van der Waals surface area contributed by atoms with Crippen molar-refractivity contribution < 1.29 is 9.53 Å². The molecule has 4 heterocycles. The molecule has 0 saturated carbocycles. The molecule has 2 saturated heterocycles. The summed E-state index contributed by atoms with van der Waals surface area (Å²) in [6, 6.07) is 1.76. The minimum atomic E-state index is -0.224. The van der Waals surface area contributed by atoms with Gasteiger partial charge in [0.1, 0.15) is 6.10 Å². The number of hydrogen-bond donors (Lipinski definition) is 0. The second-order valence-corrected chi connectivity index (χ2v) is 8.25. The first-order valence-corrected chi connectivity index (χ1v) is 10.7. The Hall–Kier alpha value is -1.38. The van der Waals surface area contributed by atoms with E-state index < -0.39 is 0 Å². The second-order valence-electron chi connectivity index (χ2n) is 7.15. The van der Waals surface area contributed by atoms with Crippen LogP contribution in [0.4, 0.5) is 0 Å². The van der Waals surface area contributed by atoms with Crippen molar-refractivity contribution in [1.82, 2.24) is 19.6 Å². The van der Waals surface area contributed by atoms with E-state index in [0.29, 0.717) is 13.2 Å². The van der Waals surface area contributed by atoms with Crippen LogP contribution in [0.25, 0.3) is 0 Å². The van der Waals surface area contributed by atoms with Crippen molar-refractivity contribution in [1.29, 1.82) is 0 Å². The Balaban J connectivity index is 1.28. The van der Waals surface area contributed by atoms with Crippen LogP contribution in [0.5, 0.6) is 0 Å². The second kappa shape index (κ2) is 8.10. The number of rotatable bonds is 4. The molecule has 142 valence electrons. The van der Waals surface area contributed by atoms with Crippen LogP contribution in [-0.2, 0) is 28.2 Å². The quantitative estimate of drug-likeness (QED) is 0.754. The number of fused-ring (bicyclic) bond motifs is 1. The molecule has 26 heavy (non-hydrogen) atoms. The summed E-state index contributed by atoms with van der Waals surface area (Å²) in [7, 11) is 0. The van der Waals surface area contributed by atoms with Gasteiger partial charge in [0.05, 0.1) is 12.2 Å². The van der Waals surface area contributed by atoms with Gasteiger partial charge in [0.25, 0.3) is 11.5 Å². The third-order valence-electron chi connectivity index (χ3n) is 5.42. The van der Waals surface area contributed by atoms with Gasteiger partial charge < -0.3 is 9.64 Å². The van der Waals surface area contributed by atoms with Gasteiger partial charge in [-0.25, -0.2) is 4.68 Å². The number of ether oxygens (including phenoxy) is 1. The summed E-state index contributed by atoms with van der Waals surface area (Å²) in [5, 5.41) is 4.58. The minimum Gasteiger partial charge on any atom is -0.368 e. The molecule has 1 aromatic heterocycles. The van der Waals surface area contributed by atoms with E-state index >= 15 is 0 Å². The monoisotopic (exact) mass is 378 g/mol. The van der Waals surface area contributed by atoms with E-state index in [2.05, 4.69) is 10.00 Å². The van der Waals surface area contributed by atoms with Gasteiger partial charge in [-0.3, -0.25) is 14.5 Å². The van der Waals surface area contributed by atoms with Gasteiger partial charge in [-0.15, -0.1) is 0 Å². The van der Waals surface area contributed by atoms with E-state index in [1.54, 1.807) is 10.7 Å². The van der Waals surface area contributed by atoms with Crippen molar-refractivity contribution in [2.24, 2.45) is 0 Å².